The Bertz CT molecular complexity index is 934. The molecule has 1 N–H and O–H groups in total. The van der Waals surface area contributed by atoms with Crippen LogP contribution in [0, 0.1) is 0 Å². The molecule has 6 heteroatoms. The van der Waals surface area contributed by atoms with Gasteiger partial charge in [0.05, 0.1) is 12.0 Å². The average Bonchev–Trinajstić information content (AvgIpc) is 3.31. The molecule has 6 nitrogen and oxygen atoms in total. The van der Waals surface area contributed by atoms with Gasteiger partial charge in [0, 0.05) is 62.7 Å². The Kier molecular flexibility index (Phi) is 4.24. The van der Waals surface area contributed by atoms with Crippen LogP contribution in [0.25, 0.3) is 10.9 Å². The van der Waals surface area contributed by atoms with E-state index in [0.29, 0.717) is 38.2 Å². The Hall–Kier alpha value is -3.02. The number of hydrogen-bond acceptors (Lipinski definition) is 2. The fraction of sp³-hybridized carbons (Fsp3) is 0.300. The zero-order chi connectivity index (χ0) is 18.1. The van der Waals surface area contributed by atoms with Crippen molar-refractivity contribution in [3.05, 3.63) is 60.0 Å². The minimum absolute atomic E-state index is 0.0207. The van der Waals surface area contributed by atoms with Crippen molar-refractivity contribution in [2.45, 2.75) is 6.42 Å². The third kappa shape index (κ3) is 2.98. The first-order valence-electron chi connectivity index (χ1n) is 8.86. The Morgan fingerprint density at radius 3 is 2.50 bits per heavy atom. The van der Waals surface area contributed by atoms with E-state index in [1.807, 2.05) is 35.2 Å². The standard InChI is InChI=1S/C20H22N4O2/c1-22-14-16(17-4-2-3-5-18(17)22)12-19(25)23-8-10-24(11-9-23)20(26)15-6-7-21-13-15/h2-7,13-14,21H,8-12H2,1H3. The highest BCUT2D eigenvalue weighted by Gasteiger charge is 2.25. The number of aryl methyl sites for hydroxylation is 1. The molecule has 0 radical (unpaired) electrons. The summed E-state index contributed by atoms with van der Waals surface area (Å²) in [5, 5.41) is 1.13. The SMILES string of the molecule is Cn1cc(CC(=O)N2CCN(C(=O)c3cc[nH]c3)CC2)c2ccccc21. The molecule has 1 aliphatic heterocycles. The monoisotopic (exact) mass is 350 g/mol. The van der Waals surface area contributed by atoms with Crippen LogP contribution in [-0.2, 0) is 18.3 Å². The Morgan fingerprint density at radius 1 is 1.04 bits per heavy atom. The fourth-order valence-electron chi connectivity index (χ4n) is 3.64. The van der Waals surface area contributed by atoms with Gasteiger partial charge in [0.15, 0.2) is 0 Å². The maximum absolute atomic E-state index is 12.7. The molecule has 4 rings (SSSR count). The second-order valence-electron chi connectivity index (χ2n) is 6.73. The zero-order valence-electron chi connectivity index (χ0n) is 14.8. The van der Waals surface area contributed by atoms with Crippen LogP contribution in [0.3, 0.4) is 0 Å². The van der Waals surface area contributed by atoms with Crippen LogP contribution in [-0.4, -0.2) is 57.3 Å². The number of nitrogens with zero attached hydrogens (tertiary/aromatic N) is 3. The molecule has 1 aliphatic rings. The van der Waals surface area contributed by atoms with Crippen LogP contribution in [0.4, 0.5) is 0 Å². The maximum Gasteiger partial charge on any atom is 0.255 e. The molecule has 0 aliphatic carbocycles. The summed E-state index contributed by atoms with van der Waals surface area (Å²) in [4.78, 5) is 31.7. The van der Waals surface area contributed by atoms with Crippen molar-refractivity contribution in [1.29, 1.82) is 0 Å². The first-order valence-corrected chi connectivity index (χ1v) is 8.86. The topological polar surface area (TPSA) is 61.3 Å². The number of piperazine rings is 1. The smallest absolute Gasteiger partial charge is 0.255 e. The third-order valence-corrected chi connectivity index (χ3v) is 5.09. The summed E-state index contributed by atoms with van der Waals surface area (Å²) in [5.41, 5.74) is 2.86. The Labute approximate surface area is 152 Å². The minimum Gasteiger partial charge on any atom is -0.367 e. The van der Waals surface area contributed by atoms with Gasteiger partial charge in [-0.25, -0.2) is 0 Å². The summed E-state index contributed by atoms with van der Waals surface area (Å²) in [6.07, 6.45) is 5.89. The largest absolute Gasteiger partial charge is 0.367 e. The van der Waals surface area contributed by atoms with Gasteiger partial charge in [-0.1, -0.05) is 18.2 Å². The summed E-state index contributed by atoms with van der Waals surface area (Å²) in [7, 11) is 2.00. The molecule has 2 aromatic heterocycles. The summed E-state index contributed by atoms with van der Waals surface area (Å²) in [5.74, 6) is 0.141. The van der Waals surface area contributed by atoms with E-state index in [9.17, 15) is 9.59 Å². The van der Waals surface area contributed by atoms with Gasteiger partial charge in [0.25, 0.3) is 5.91 Å². The van der Waals surface area contributed by atoms with Crippen LogP contribution in [0.15, 0.2) is 48.9 Å². The van der Waals surface area contributed by atoms with E-state index < -0.39 is 0 Å². The number of carbonyl (C=O) groups excluding carboxylic acids is 2. The second kappa shape index (κ2) is 6.71. The van der Waals surface area contributed by atoms with E-state index in [-0.39, 0.29) is 11.8 Å². The highest BCUT2D eigenvalue weighted by Crippen LogP contribution is 2.21. The van der Waals surface area contributed by atoms with Crippen molar-refractivity contribution in [2.75, 3.05) is 26.2 Å². The van der Waals surface area contributed by atoms with Crippen LogP contribution in [0.1, 0.15) is 15.9 Å². The summed E-state index contributed by atoms with van der Waals surface area (Å²) in [6, 6.07) is 9.91. The molecule has 0 bridgehead atoms. The number of carbonyl (C=O) groups is 2. The molecule has 3 aromatic rings. The van der Waals surface area contributed by atoms with Gasteiger partial charge >= 0.3 is 0 Å². The number of aromatic nitrogens is 2. The summed E-state index contributed by atoms with van der Waals surface area (Å²) >= 11 is 0. The first kappa shape index (κ1) is 16.4. The number of fused-ring (bicyclic) bond motifs is 1. The number of benzene rings is 1. The molecule has 1 aromatic carbocycles. The molecule has 26 heavy (non-hydrogen) atoms. The highest BCUT2D eigenvalue weighted by atomic mass is 16.2. The molecule has 0 saturated carbocycles. The van der Waals surface area contributed by atoms with E-state index in [4.69, 9.17) is 0 Å². The lowest BCUT2D eigenvalue weighted by Crippen LogP contribution is -2.50. The fourth-order valence-corrected chi connectivity index (χ4v) is 3.64. The van der Waals surface area contributed by atoms with Gasteiger partial charge < -0.3 is 19.4 Å². The van der Waals surface area contributed by atoms with E-state index in [0.717, 1.165) is 16.5 Å². The minimum atomic E-state index is 0.0207. The molecule has 1 saturated heterocycles. The predicted octanol–water partition coefficient (Wildman–Crippen LogP) is 2.03. The molecule has 3 heterocycles. The molecule has 0 atom stereocenters. The molecular formula is C20H22N4O2. The average molecular weight is 350 g/mol. The number of H-pyrrole nitrogens is 1. The quantitative estimate of drug-likeness (QED) is 0.786. The van der Waals surface area contributed by atoms with Gasteiger partial charge in [-0.05, 0) is 17.7 Å². The van der Waals surface area contributed by atoms with Gasteiger partial charge in [0.1, 0.15) is 0 Å². The van der Waals surface area contributed by atoms with Crippen LogP contribution in [0.2, 0.25) is 0 Å². The first-order chi connectivity index (χ1) is 12.6. The van der Waals surface area contributed by atoms with Crippen molar-refractivity contribution < 1.29 is 9.59 Å². The number of aromatic amines is 1. The number of amides is 2. The lowest BCUT2D eigenvalue weighted by atomic mass is 10.1. The normalized spacial score (nSPS) is 14.8. The summed E-state index contributed by atoms with van der Waals surface area (Å²) in [6.45, 7) is 2.32. The van der Waals surface area contributed by atoms with Crippen molar-refractivity contribution in [3.8, 4) is 0 Å². The molecule has 134 valence electrons. The van der Waals surface area contributed by atoms with Crippen molar-refractivity contribution in [1.82, 2.24) is 19.4 Å². The molecule has 0 spiro atoms. The Morgan fingerprint density at radius 2 is 1.77 bits per heavy atom. The molecule has 2 amide bonds. The van der Waals surface area contributed by atoms with Gasteiger partial charge in [-0.3, -0.25) is 9.59 Å². The van der Waals surface area contributed by atoms with Gasteiger partial charge in [-0.2, -0.15) is 0 Å². The van der Waals surface area contributed by atoms with E-state index in [1.165, 1.54) is 0 Å². The lowest BCUT2D eigenvalue weighted by Gasteiger charge is -2.34. The highest BCUT2D eigenvalue weighted by molar-refractivity contribution is 5.94. The van der Waals surface area contributed by atoms with E-state index >= 15 is 0 Å². The van der Waals surface area contributed by atoms with Crippen molar-refractivity contribution in [3.63, 3.8) is 0 Å². The number of para-hydroxylation sites is 1. The number of rotatable bonds is 3. The molecule has 1 fully saturated rings. The number of hydrogen-bond donors (Lipinski definition) is 1. The van der Waals surface area contributed by atoms with Crippen molar-refractivity contribution >= 4 is 22.7 Å². The predicted molar refractivity (Wildman–Crippen MR) is 99.9 cm³/mol. The van der Waals surface area contributed by atoms with Crippen LogP contribution in [0.5, 0.6) is 0 Å². The number of nitrogens with one attached hydrogen (secondary N) is 1. The van der Waals surface area contributed by atoms with Crippen LogP contribution >= 0.6 is 0 Å². The van der Waals surface area contributed by atoms with E-state index in [1.54, 1.807) is 18.5 Å². The molecule has 0 unspecified atom stereocenters. The van der Waals surface area contributed by atoms with Gasteiger partial charge in [-0.15, -0.1) is 0 Å². The maximum atomic E-state index is 12.7. The summed E-state index contributed by atoms with van der Waals surface area (Å²) < 4.78 is 2.06. The lowest BCUT2D eigenvalue weighted by molar-refractivity contribution is -0.131. The van der Waals surface area contributed by atoms with Crippen molar-refractivity contribution in [2.24, 2.45) is 7.05 Å². The van der Waals surface area contributed by atoms with E-state index in [2.05, 4.69) is 21.7 Å². The third-order valence-electron chi connectivity index (χ3n) is 5.09. The second-order valence-corrected chi connectivity index (χ2v) is 6.73. The Balaban J connectivity index is 1.40. The van der Waals surface area contributed by atoms with Gasteiger partial charge in [0.2, 0.25) is 5.91 Å². The zero-order valence-corrected chi connectivity index (χ0v) is 14.8. The molecular weight excluding hydrogens is 328 g/mol. The van der Waals surface area contributed by atoms with Crippen LogP contribution < -0.4 is 0 Å².